The number of ether oxygens (including phenoxy) is 1. The Kier molecular flexibility index (Phi) is 4.76. The average molecular weight is 314 g/mol. The van der Waals surface area contributed by atoms with Gasteiger partial charge in [-0.1, -0.05) is 30.3 Å². The van der Waals surface area contributed by atoms with Crippen molar-refractivity contribution in [3.05, 3.63) is 48.0 Å². The molecule has 1 atom stereocenters. The lowest BCUT2D eigenvalue weighted by Crippen LogP contribution is -2.07. The second kappa shape index (κ2) is 6.77. The van der Waals surface area contributed by atoms with Gasteiger partial charge in [-0.25, -0.2) is 0 Å². The Labute approximate surface area is 135 Å². The molecular formula is C17H19BO3S. The molecule has 3 rings (SSSR count). The van der Waals surface area contributed by atoms with E-state index < -0.39 is 7.12 Å². The Bertz CT molecular complexity index is 662. The van der Waals surface area contributed by atoms with Gasteiger partial charge >= 0.3 is 7.12 Å². The van der Waals surface area contributed by atoms with Gasteiger partial charge in [-0.3, -0.25) is 0 Å². The van der Waals surface area contributed by atoms with Crippen LogP contribution in [0, 0.1) is 0 Å². The fourth-order valence-corrected chi connectivity index (χ4v) is 3.37. The first-order valence-corrected chi connectivity index (χ1v) is 8.55. The highest BCUT2D eigenvalue weighted by molar-refractivity contribution is 7.98. The summed E-state index contributed by atoms with van der Waals surface area (Å²) in [6, 6.07) is 14.7. The van der Waals surface area contributed by atoms with E-state index in [9.17, 15) is 5.02 Å². The van der Waals surface area contributed by atoms with Crippen LogP contribution in [0.25, 0.3) is 11.1 Å². The summed E-state index contributed by atoms with van der Waals surface area (Å²) in [7, 11) is 1.07. The van der Waals surface area contributed by atoms with Gasteiger partial charge in [0, 0.05) is 17.4 Å². The van der Waals surface area contributed by atoms with Gasteiger partial charge in [0.2, 0.25) is 0 Å². The molecule has 5 heteroatoms. The molecule has 1 aliphatic heterocycles. The van der Waals surface area contributed by atoms with Gasteiger partial charge in [0.05, 0.1) is 7.11 Å². The maximum Gasteiger partial charge on any atom is 0.454 e. The number of methoxy groups -OCH3 is 1. The second-order valence-corrected chi connectivity index (χ2v) is 6.26. The monoisotopic (exact) mass is 314 g/mol. The highest BCUT2D eigenvalue weighted by Gasteiger charge is 2.29. The van der Waals surface area contributed by atoms with Crippen LogP contribution >= 0.6 is 11.8 Å². The summed E-state index contributed by atoms with van der Waals surface area (Å²) in [5.74, 6) is 1.16. The molecule has 0 radical (unpaired) electrons. The van der Waals surface area contributed by atoms with E-state index in [0.29, 0.717) is 12.9 Å². The average Bonchev–Trinajstić information content (AvgIpc) is 3.01. The molecule has 2 aromatic rings. The van der Waals surface area contributed by atoms with Crippen LogP contribution in [-0.4, -0.2) is 32.1 Å². The predicted molar refractivity (Wildman–Crippen MR) is 91.7 cm³/mol. The largest absolute Gasteiger partial charge is 0.496 e. The summed E-state index contributed by atoms with van der Waals surface area (Å²) in [6.45, 7) is 0.583. The van der Waals surface area contributed by atoms with Gasteiger partial charge in [0.15, 0.2) is 0 Å². The number of hydrogen-bond donors (Lipinski definition) is 1. The first-order valence-electron chi connectivity index (χ1n) is 7.33. The number of rotatable bonds is 4. The van der Waals surface area contributed by atoms with Crippen molar-refractivity contribution in [2.75, 3.05) is 20.0 Å². The topological polar surface area (TPSA) is 38.7 Å². The quantitative estimate of drug-likeness (QED) is 0.690. The van der Waals surface area contributed by atoms with Crippen LogP contribution in [0.3, 0.4) is 0 Å². The molecule has 2 aromatic carbocycles. The molecule has 1 fully saturated rings. The van der Waals surface area contributed by atoms with Crippen LogP contribution in [0.15, 0.2) is 47.4 Å². The van der Waals surface area contributed by atoms with Crippen LogP contribution in [-0.2, 0) is 4.65 Å². The van der Waals surface area contributed by atoms with Gasteiger partial charge in [-0.2, -0.15) is 0 Å². The minimum Gasteiger partial charge on any atom is -0.496 e. The molecule has 114 valence electrons. The summed E-state index contributed by atoms with van der Waals surface area (Å²) in [5, 5.41) is 9.53. The number of hydrogen-bond acceptors (Lipinski definition) is 4. The van der Waals surface area contributed by atoms with E-state index in [4.69, 9.17) is 9.39 Å². The smallest absolute Gasteiger partial charge is 0.454 e. The molecule has 1 unspecified atom stereocenters. The minimum absolute atomic E-state index is 0.266. The predicted octanol–water partition coefficient (Wildman–Crippen LogP) is 3.68. The zero-order valence-electron chi connectivity index (χ0n) is 12.8. The van der Waals surface area contributed by atoms with E-state index in [0.717, 1.165) is 21.8 Å². The third kappa shape index (κ3) is 3.17. The maximum absolute atomic E-state index is 9.53. The molecule has 22 heavy (non-hydrogen) atoms. The van der Waals surface area contributed by atoms with E-state index in [2.05, 4.69) is 42.5 Å². The molecule has 0 bridgehead atoms. The highest BCUT2D eigenvalue weighted by atomic mass is 32.2. The normalized spacial score (nSPS) is 17.8. The van der Waals surface area contributed by atoms with Crippen LogP contribution < -0.4 is 4.74 Å². The van der Waals surface area contributed by atoms with Gasteiger partial charge < -0.3 is 14.4 Å². The molecule has 0 aromatic heterocycles. The molecule has 1 N–H and O–H groups in total. The fraction of sp³-hybridized carbons (Fsp3) is 0.294. The third-order valence-corrected chi connectivity index (χ3v) is 4.83. The van der Waals surface area contributed by atoms with E-state index >= 15 is 0 Å². The SMILES string of the molecule is COc1cc(-c2cccc(C3COB(O)C3)c2)ccc1SC. The van der Waals surface area contributed by atoms with Gasteiger partial charge in [-0.05, 0) is 41.4 Å². The lowest BCUT2D eigenvalue weighted by atomic mass is 9.79. The van der Waals surface area contributed by atoms with Gasteiger partial charge in [0.25, 0.3) is 0 Å². The molecule has 0 aliphatic carbocycles. The summed E-state index contributed by atoms with van der Waals surface area (Å²) in [5.41, 5.74) is 3.50. The Morgan fingerprint density at radius 1 is 1.23 bits per heavy atom. The van der Waals surface area contributed by atoms with Crippen molar-refractivity contribution in [2.45, 2.75) is 17.1 Å². The van der Waals surface area contributed by atoms with Crippen molar-refractivity contribution in [3.63, 3.8) is 0 Å². The Hall–Kier alpha value is -1.43. The zero-order chi connectivity index (χ0) is 15.5. The molecular weight excluding hydrogens is 295 g/mol. The Morgan fingerprint density at radius 3 is 2.73 bits per heavy atom. The molecule has 3 nitrogen and oxygen atoms in total. The summed E-state index contributed by atoms with van der Waals surface area (Å²) in [4.78, 5) is 1.13. The van der Waals surface area contributed by atoms with Crippen LogP contribution in [0.4, 0.5) is 0 Å². The lowest BCUT2D eigenvalue weighted by Gasteiger charge is -2.12. The molecule has 1 aliphatic rings. The van der Waals surface area contributed by atoms with E-state index in [1.807, 2.05) is 6.26 Å². The van der Waals surface area contributed by atoms with Gasteiger partial charge in [-0.15, -0.1) is 11.8 Å². The number of benzene rings is 2. The summed E-state index contributed by atoms with van der Waals surface area (Å²) < 4.78 is 10.7. The van der Waals surface area contributed by atoms with Crippen molar-refractivity contribution in [3.8, 4) is 16.9 Å². The van der Waals surface area contributed by atoms with Crippen molar-refractivity contribution in [1.29, 1.82) is 0 Å². The standard InChI is InChI=1S/C17H19BO3S/c1-20-16-9-14(6-7-17(16)22-2)12-4-3-5-13(8-12)15-10-18(19)21-11-15/h3-9,15,19H,10-11H2,1-2H3. The highest BCUT2D eigenvalue weighted by Crippen LogP contribution is 2.34. The summed E-state index contributed by atoms with van der Waals surface area (Å²) in [6.07, 6.45) is 2.71. The molecule has 0 spiro atoms. The zero-order valence-corrected chi connectivity index (χ0v) is 13.6. The molecule has 1 saturated heterocycles. The van der Waals surface area contributed by atoms with Crippen molar-refractivity contribution >= 4 is 18.9 Å². The Balaban J connectivity index is 1.92. The first-order chi connectivity index (χ1) is 10.7. The van der Waals surface area contributed by atoms with Crippen molar-refractivity contribution in [2.24, 2.45) is 0 Å². The van der Waals surface area contributed by atoms with E-state index in [1.165, 1.54) is 5.56 Å². The first kappa shape index (κ1) is 15.5. The summed E-state index contributed by atoms with van der Waals surface area (Å²) >= 11 is 1.68. The molecule has 0 amide bonds. The van der Waals surface area contributed by atoms with Crippen LogP contribution in [0.5, 0.6) is 5.75 Å². The van der Waals surface area contributed by atoms with Crippen LogP contribution in [0.1, 0.15) is 11.5 Å². The van der Waals surface area contributed by atoms with Crippen molar-refractivity contribution in [1.82, 2.24) is 0 Å². The molecule has 0 saturated carbocycles. The minimum atomic E-state index is -0.630. The number of thioether (sulfide) groups is 1. The van der Waals surface area contributed by atoms with Gasteiger partial charge in [0.1, 0.15) is 5.75 Å². The van der Waals surface area contributed by atoms with E-state index in [-0.39, 0.29) is 5.92 Å². The van der Waals surface area contributed by atoms with Crippen LogP contribution in [0.2, 0.25) is 6.32 Å². The van der Waals surface area contributed by atoms with Crippen molar-refractivity contribution < 1.29 is 14.4 Å². The molecule has 1 heterocycles. The maximum atomic E-state index is 9.53. The second-order valence-electron chi connectivity index (χ2n) is 5.42. The van der Waals surface area contributed by atoms with E-state index in [1.54, 1.807) is 18.9 Å². The Morgan fingerprint density at radius 2 is 2.05 bits per heavy atom. The third-order valence-electron chi connectivity index (χ3n) is 4.05. The lowest BCUT2D eigenvalue weighted by molar-refractivity contribution is 0.292. The fourth-order valence-electron chi connectivity index (χ4n) is 2.83.